The second-order valence-corrected chi connectivity index (χ2v) is 4.63. The van der Waals surface area contributed by atoms with Gasteiger partial charge in [-0.2, -0.15) is 0 Å². The Morgan fingerprint density at radius 2 is 1.14 bits per heavy atom. The highest BCUT2D eigenvalue weighted by atomic mass is 14.6. The van der Waals surface area contributed by atoms with E-state index in [1.165, 1.54) is 33.4 Å². The van der Waals surface area contributed by atoms with Gasteiger partial charge in [0.1, 0.15) is 0 Å². The summed E-state index contributed by atoms with van der Waals surface area (Å²) in [5, 5.41) is 0. The fourth-order valence-corrected chi connectivity index (χ4v) is 2.62. The Balaban J connectivity index is 2.70. The summed E-state index contributed by atoms with van der Waals surface area (Å²) in [4.78, 5) is 0. The largest absolute Gasteiger partial charge is 0.327 e. The Labute approximate surface area is 86.3 Å². The first-order valence-electron chi connectivity index (χ1n) is 5.36. The number of hydrogen-bond donors (Lipinski definition) is 1. The van der Waals surface area contributed by atoms with E-state index in [4.69, 9.17) is 5.73 Å². The zero-order chi connectivity index (χ0) is 10.5. The van der Waals surface area contributed by atoms with E-state index in [2.05, 4.69) is 27.7 Å². The predicted octanol–water partition coefficient (Wildman–Crippen LogP) is 2.35. The van der Waals surface area contributed by atoms with E-state index in [0.29, 0.717) is 6.04 Å². The van der Waals surface area contributed by atoms with Crippen LogP contribution in [0.2, 0.25) is 0 Å². The van der Waals surface area contributed by atoms with E-state index in [9.17, 15) is 0 Å². The Bertz CT molecular complexity index is 354. The molecule has 0 unspecified atom stereocenters. The molecule has 0 aromatic heterocycles. The molecule has 14 heavy (non-hydrogen) atoms. The minimum atomic E-state index is 0.351. The molecule has 0 radical (unpaired) electrons. The minimum Gasteiger partial charge on any atom is -0.327 e. The molecule has 0 bridgehead atoms. The third-order valence-electron chi connectivity index (χ3n) is 3.89. The summed E-state index contributed by atoms with van der Waals surface area (Å²) in [6, 6.07) is 0.351. The predicted molar refractivity (Wildman–Crippen MR) is 60.8 cm³/mol. The van der Waals surface area contributed by atoms with Crippen LogP contribution < -0.4 is 5.73 Å². The van der Waals surface area contributed by atoms with E-state index in [1.807, 2.05) is 0 Å². The van der Waals surface area contributed by atoms with E-state index in [0.717, 1.165) is 12.8 Å². The smallest absolute Gasteiger partial charge is 0.0120 e. The zero-order valence-corrected chi connectivity index (χ0v) is 9.57. The summed E-state index contributed by atoms with van der Waals surface area (Å²) in [6.45, 7) is 8.92. The van der Waals surface area contributed by atoms with Crippen molar-refractivity contribution in [3.05, 3.63) is 33.4 Å². The molecule has 1 aromatic rings. The highest BCUT2D eigenvalue weighted by Gasteiger charge is 2.23. The van der Waals surface area contributed by atoms with Crippen LogP contribution in [0.25, 0.3) is 0 Å². The molecule has 1 nitrogen and oxygen atoms in total. The third-order valence-corrected chi connectivity index (χ3v) is 3.89. The van der Waals surface area contributed by atoms with Crippen LogP contribution in [0.1, 0.15) is 33.4 Å². The average Bonchev–Trinajstić information content (AvgIpc) is 2.54. The molecule has 0 aliphatic heterocycles. The van der Waals surface area contributed by atoms with Crippen molar-refractivity contribution in [3.63, 3.8) is 0 Å². The molecule has 1 aliphatic carbocycles. The van der Waals surface area contributed by atoms with Crippen LogP contribution in [0.5, 0.6) is 0 Å². The molecule has 76 valence electrons. The van der Waals surface area contributed by atoms with E-state index >= 15 is 0 Å². The fraction of sp³-hybridized carbons (Fsp3) is 0.538. The van der Waals surface area contributed by atoms with Crippen LogP contribution in [0, 0.1) is 27.7 Å². The van der Waals surface area contributed by atoms with Crippen molar-refractivity contribution in [1.82, 2.24) is 0 Å². The van der Waals surface area contributed by atoms with Gasteiger partial charge in [-0.3, -0.25) is 0 Å². The molecule has 0 heterocycles. The molecule has 1 aliphatic rings. The van der Waals surface area contributed by atoms with Crippen molar-refractivity contribution in [1.29, 1.82) is 0 Å². The Kier molecular flexibility index (Phi) is 2.15. The Morgan fingerprint density at radius 1 is 0.786 bits per heavy atom. The molecule has 0 spiro atoms. The Morgan fingerprint density at radius 3 is 1.50 bits per heavy atom. The van der Waals surface area contributed by atoms with Gasteiger partial charge >= 0.3 is 0 Å². The molecule has 0 amide bonds. The summed E-state index contributed by atoms with van der Waals surface area (Å²) in [5.41, 5.74) is 14.9. The highest BCUT2D eigenvalue weighted by Crippen LogP contribution is 2.32. The summed E-state index contributed by atoms with van der Waals surface area (Å²) in [7, 11) is 0. The SMILES string of the molecule is Cc1c(C)c(C)c2c(c1C)CC(N)C2. The summed E-state index contributed by atoms with van der Waals surface area (Å²) >= 11 is 0. The quantitative estimate of drug-likeness (QED) is 0.666. The summed E-state index contributed by atoms with van der Waals surface area (Å²) in [5.74, 6) is 0. The number of fused-ring (bicyclic) bond motifs is 1. The fourth-order valence-electron chi connectivity index (χ4n) is 2.62. The maximum Gasteiger partial charge on any atom is 0.0120 e. The van der Waals surface area contributed by atoms with Gasteiger partial charge in [0, 0.05) is 6.04 Å². The van der Waals surface area contributed by atoms with Gasteiger partial charge in [-0.15, -0.1) is 0 Å². The molecule has 2 N–H and O–H groups in total. The molecule has 1 aromatic carbocycles. The molecular formula is C13H19N. The van der Waals surface area contributed by atoms with E-state index < -0.39 is 0 Å². The van der Waals surface area contributed by atoms with Gasteiger partial charge in [0.05, 0.1) is 0 Å². The zero-order valence-electron chi connectivity index (χ0n) is 9.57. The standard InChI is InChI=1S/C13H19N/c1-7-8(2)10(4)13-6-11(14)5-12(13)9(7)3/h11H,5-6,14H2,1-4H3. The minimum absolute atomic E-state index is 0.351. The molecule has 0 atom stereocenters. The Hall–Kier alpha value is -0.820. The van der Waals surface area contributed by atoms with Crippen molar-refractivity contribution >= 4 is 0 Å². The lowest BCUT2D eigenvalue weighted by Gasteiger charge is -2.15. The van der Waals surface area contributed by atoms with Gasteiger partial charge < -0.3 is 5.73 Å². The molecule has 0 fully saturated rings. The van der Waals surface area contributed by atoms with Crippen LogP contribution in [0.15, 0.2) is 0 Å². The van der Waals surface area contributed by atoms with E-state index in [1.54, 1.807) is 0 Å². The highest BCUT2D eigenvalue weighted by molar-refractivity contribution is 5.52. The van der Waals surface area contributed by atoms with Gasteiger partial charge in [-0.25, -0.2) is 0 Å². The third kappa shape index (κ3) is 1.19. The first-order chi connectivity index (χ1) is 6.52. The summed E-state index contributed by atoms with van der Waals surface area (Å²) in [6.07, 6.45) is 2.15. The topological polar surface area (TPSA) is 26.0 Å². The molecule has 1 heteroatoms. The lowest BCUT2D eigenvalue weighted by atomic mass is 9.90. The number of rotatable bonds is 0. The first kappa shape index (κ1) is 9.72. The van der Waals surface area contributed by atoms with Crippen LogP contribution >= 0.6 is 0 Å². The van der Waals surface area contributed by atoms with Crippen molar-refractivity contribution in [2.45, 2.75) is 46.6 Å². The number of hydrogen-bond acceptors (Lipinski definition) is 1. The van der Waals surface area contributed by atoms with Crippen molar-refractivity contribution < 1.29 is 0 Å². The van der Waals surface area contributed by atoms with Crippen molar-refractivity contribution in [2.24, 2.45) is 5.73 Å². The van der Waals surface area contributed by atoms with Crippen LogP contribution in [0.4, 0.5) is 0 Å². The van der Waals surface area contributed by atoms with Crippen molar-refractivity contribution in [3.8, 4) is 0 Å². The maximum atomic E-state index is 6.02. The molecule has 0 saturated heterocycles. The number of nitrogens with two attached hydrogens (primary N) is 1. The molecular weight excluding hydrogens is 170 g/mol. The maximum absolute atomic E-state index is 6.02. The summed E-state index contributed by atoms with van der Waals surface area (Å²) < 4.78 is 0. The van der Waals surface area contributed by atoms with Gasteiger partial charge in [-0.05, 0) is 73.9 Å². The normalized spacial score (nSPS) is 16.1. The lowest BCUT2D eigenvalue weighted by molar-refractivity contribution is 0.719. The number of benzene rings is 1. The monoisotopic (exact) mass is 189 g/mol. The lowest BCUT2D eigenvalue weighted by Crippen LogP contribution is -2.19. The van der Waals surface area contributed by atoms with Crippen LogP contribution in [-0.2, 0) is 12.8 Å². The van der Waals surface area contributed by atoms with Gasteiger partial charge in [0.2, 0.25) is 0 Å². The average molecular weight is 189 g/mol. The van der Waals surface area contributed by atoms with Crippen LogP contribution in [0.3, 0.4) is 0 Å². The van der Waals surface area contributed by atoms with Crippen LogP contribution in [-0.4, -0.2) is 6.04 Å². The van der Waals surface area contributed by atoms with Gasteiger partial charge in [0.15, 0.2) is 0 Å². The van der Waals surface area contributed by atoms with Gasteiger partial charge in [0.25, 0.3) is 0 Å². The van der Waals surface area contributed by atoms with Crippen molar-refractivity contribution in [2.75, 3.05) is 0 Å². The molecule has 2 rings (SSSR count). The second-order valence-electron chi connectivity index (χ2n) is 4.63. The first-order valence-corrected chi connectivity index (χ1v) is 5.36. The second kappa shape index (κ2) is 3.09. The van der Waals surface area contributed by atoms with Gasteiger partial charge in [-0.1, -0.05) is 0 Å². The van der Waals surface area contributed by atoms with E-state index in [-0.39, 0.29) is 0 Å². The molecule has 0 saturated carbocycles.